The van der Waals surface area contributed by atoms with Gasteiger partial charge in [-0.1, -0.05) is 47.1 Å². The molecule has 0 aliphatic carbocycles. The predicted octanol–water partition coefficient (Wildman–Crippen LogP) is 5.33. The van der Waals surface area contributed by atoms with E-state index in [0.717, 1.165) is 16.5 Å². The van der Waals surface area contributed by atoms with Crippen LogP contribution >= 0.6 is 15.9 Å². The van der Waals surface area contributed by atoms with E-state index in [4.69, 9.17) is 5.26 Å². The molecule has 1 unspecified atom stereocenters. The lowest BCUT2D eigenvalue weighted by Gasteiger charge is -2.30. The molecule has 5 heteroatoms. The van der Waals surface area contributed by atoms with Crippen LogP contribution in [0.5, 0.6) is 0 Å². The lowest BCUT2D eigenvalue weighted by atomic mass is 10.1. The first-order valence-electron chi connectivity index (χ1n) is 7.89. The summed E-state index contributed by atoms with van der Waals surface area (Å²) in [6, 6.07) is 16.7. The fourth-order valence-corrected chi connectivity index (χ4v) is 3.17. The first-order valence-corrected chi connectivity index (χ1v) is 8.68. The van der Waals surface area contributed by atoms with Gasteiger partial charge in [-0.05, 0) is 43.2 Å². The Morgan fingerprint density at radius 2 is 2.04 bits per heavy atom. The number of nitrogens with zero attached hydrogens (tertiary/aromatic N) is 2. The minimum absolute atomic E-state index is 0.0697. The van der Waals surface area contributed by atoms with Gasteiger partial charge in [-0.15, -0.1) is 0 Å². The monoisotopic (exact) mass is 385 g/mol. The van der Waals surface area contributed by atoms with Crippen molar-refractivity contribution >= 4 is 27.6 Å². The maximum atomic E-state index is 12.7. The quantitative estimate of drug-likeness (QED) is 0.756. The second-order valence-corrected chi connectivity index (χ2v) is 6.37. The van der Waals surface area contributed by atoms with Gasteiger partial charge in [-0.3, -0.25) is 0 Å². The zero-order valence-electron chi connectivity index (χ0n) is 13.8. The van der Waals surface area contributed by atoms with Crippen molar-refractivity contribution in [3.63, 3.8) is 0 Å². The van der Waals surface area contributed by atoms with Crippen molar-refractivity contribution in [1.29, 1.82) is 5.26 Å². The summed E-state index contributed by atoms with van der Waals surface area (Å²) in [6.45, 7) is 4.71. The number of benzene rings is 2. The molecule has 2 aromatic carbocycles. The highest BCUT2D eigenvalue weighted by Crippen LogP contribution is 2.28. The molecule has 0 saturated heterocycles. The third kappa shape index (κ3) is 4.36. The van der Waals surface area contributed by atoms with Crippen molar-refractivity contribution in [3.05, 3.63) is 64.1 Å². The van der Waals surface area contributed by atoms with Gasteiger partial charge in [-0.25, -0.2) is 4.79 Å². The number of nitriles is 1. The highest BCUT2D eigenvalue weighted by atomic mass is 79.9. The molecule has 24 heavy (non-hydrogen) atoms. The highest BCUT2D eigenvalue weighted by molar-refractivity contribution is 9.10. The van der Waals surface area contributed by atoms with E-state index in [9.17, 15) is 4.79 Å². The summed E-state index contributed by atoms with van der Waals surface area (Å²) in [5.41, 5.74) is 2.21. The van der Waals surface area contributed by atoms with Crippen LogP contribution < -0.4 is 5.32 Å². The largest absolute Gasteiger partial charge is 0.322 e. The summed E-state index contributed by atoms with van der Waals surface area (Å²) in [7, 11) is 0. The first-order chi connectivity index (χ1) is 11.6. The Labute approximate surface area is 151 Å². The molecular weight excluding hydrogens is 366 g/mol. The maximum absolute atomic E-state index is 12.7. The van der Waals surface area contributed by atoms with Crippen molar-refractivity contribution in [3.8, 4) is 6.07 Å². The number of urea groups is 1. The van der Waals surface area contributed by atoms with Gasteiger partial charge in [0.2, 0.25) is 0 Å². The average Bonchev–Trinajstić information content (AvgIpc) is 2.59. The van der Waals surface area contributed by atoms with Crippen LogP contribution in [0.4, 0.5) is 10.5 Å². The standard InChI is InChI=1S/C19H20BrN3O/c1-3-11-23(14(2)17-9-4-5-10-18(17)20)19(24)22-16-8-6-7-15(12-16)13-21/h4-10,12,14H,3,11H2,1-2H3,(H,22,24). The Morgan fingerprint density at radius 3 is 2.71 bits per heavy atom. The summed E-state index contributed by atoms with van der Waals surface area (Å²) in [6.07, 6.45) is 0.862. The van der Waals surface area contributed by atoms with Crippen LogP contribution in [0.3, 0.4) is 0 Å². The van der Waals surface area contributed by atoms with Gasteiger partial charge in [0.15, 0.2) is 0 Å². The summed E-state index contributed by atoms with van der Waals surface area (Å²) in [4.78, 5) is 14.5. The molecule has 1 atom stereocenters. The molecule has 2 amide bonds. The zero-order chi connectivity index (χ0) is 17.5. The zero-order valence-corrected chi connectivity index (χ0v) is 15.4. The normalized spacial score (nSPS) is 11.4. The summed E-state index contributed by atoms with van der Waals surface area (Å²) < 4.78 is 0.984. The van der Waals surface area contributed by atoms with E-state index < -0.39 is 0 Å². The van der Waals surface area contributed by atoms with Gasteiger partial charge in [0.25, 0.3) is 0 Å². The number of rotatable bonds is 5. The van der Waals surface area contributed by atoms with E-state index >= 15 is 0 Å². The third-order valence-corrected chi connectivity index (χ3v) is 4.51. The molecule has 2 rings (SSSR count). The number of amides is 2. The molecule has 0 aromatic heterocycles. The Balaban J connectivity index is 2.21. The minimum atomic E-state index is -0.171. The number of anilines is 1. The van der Waals surface area contributed by atoms with Gasteiger partial charge in [0, 0.05) is 16.7 Å². The molecule has 0 saturated carbocycles. The Morgan fingerprint density at radius 1 is 1.29 bits per heavy atom. The van der Waals surface area contributed by atoms with Crippen LogP contribution in [-0.4, -0.2) is 17.5 Å². The first kappa shape index (κ1) is 18.0. The molecule has 0 bridgehead atoms. The van der Waals surface area contributed by atoms with E-state index in [2.05, 4.69) is 27.3 Å². The lowest BCUT2D eigenvalue weighted by molar-refractivity contribution is 0.193. The van der Waals surface area contributed by atoms with Crippen LogP contribution in [0.25, 0.3) is 0 Å². The van der Waals surface area contributed by atoms with Crippen molar-refractivity contribution in [2.45, 2.75) is 26.3 Å². The third-order valence-electron chi connectivity index (χ3n) is 3.79. The fraction of sp³-hybridized carbons (Fsp3) is 0.263. The fourth-order valence-electron chi connectivity index (χ4n) is 2.56. The van der Waals surface area contributed by atoms with Gasteiger partial charge >= 0.3 is 6.03 Å². The molecule has 0 radical (unpaired) electrons. The van der Waals surface area contributed by atoms with Crippen LogP contribution in [0, 0.1) is 11.3 Å². The molecule has 0 aliphatic heterocycles. The van der Waals surface area contributed by atoms with Crippen LogP contribution in [-0.2, 0) is 0 Å². The molecule has 2 aromatic rings. The topological polar surface area (TPSA) is 56.1 Å². The lowest BCUT2D eigenvalue weighted by Crippen LogP contribution is -2.37. The predicted molar refractivity (Wildman–Crippen MR) is 99.7 cm³/mol. The van der Waals surface area contributed by atoms with Crippen LogP contribution in [0.15, 0.2) is 53.0 Å². The van der Waals surface area contributed by atoms with E-state index in [-0.39, 0.29) is 12.1 Å². The molecule has 0 fully saturated rings. The Hall–Kier alpha value is -2.32. The summed E-state index contributed by atoms with van der Waals surface area (Å²) in [5.74, 6) is 0. The van der Waals surface area contributed by atoms with E-state index in [1.54, 1.807) is 29.2 Å². The van der Waals surface area contributed by atoms with Gasteiger partial charge in [-0.2, -0.15) is 5.26 Å². The molecule has 124 valence electrons. The molecule has 0 spiro atoms. The second-order valence-electron chi connectivity index (χ2n) is 5.51. The van der Waals surface area contributed by atoms with Crippen molar-refractivity contribution in [1.82, 2.24) is 4.90 Å². The Kier molecular flexibility index (Phi) is 6.39. The molecule has 1 N–H and O–H groups in total. The maximum Gasteiger partial charge on any atom is 0.322 e. The number of hydrogen-bond acceptors (Lipinski definition) is 2. The van der Waals surface area contributed by atoms with Crippen molar-refractivity contribution < 1.29 is 4.79 Å². The number of carbonyl (C=O) groups excluding carboxylic acids is 1. The van der Waals surface area contributed by atoms with Crippen LogP contribution in [0.1, 0.15) is 37.4 Å². The minimum Gasteiger partial charge on any atom is -0.318 e. The number of nitrogens with one attached hydrogen (secondary N) is 1. The molecule has 4 nitrogen and oxygen atoms in total. The molecular formula is C19H20BrN3O. The van der Waals surface area contributed by atoms with Gasteiger partial charge in [0.1, 0.15) is 0 Å². The second kappa shape index (κ2) is 8.51. The van der Waals surface area contributed by atoms with E-state index in [0.29, 0.717) is 17.8 Å². The number of halogens is 1. The SMILES string of the molecule is CCCN(C(=O)Nc1cccc(C#N)c1)C(C)c1ccccc1Br. The van der Waals surface area contributed by atoms with Gasteiger partial charge in [0.05, 0.1) is 17.7 Å². The molecule has 0 aliphatic rings. The molecule has 0 heterocycles. The highest BCUT2D eigenvalue weighted by Gasteiger charge is 2.22. The summed E-state index contributed by atoms with van der Waals surface area (Å²) >= 11 is 3.56. The van der Waals surface area contributed by atoms with Crippen LogP contribution in [0.2, 0.25) is 0 Å². The summed E-state index contributed by atoms with van der Waals surface area (Å²) in [5, 5.41) is 11.9. The van der Waals surface area contributed by atoms with Crippen molar-refractivity contribution in [2.24, 2.45) is 0 Å². The number of hydrogen-bond donors (Lipinski definition) is 1. The van der Waals surface area contributed by atoms with E-state index in [1.807, 2.05) is 38.1 Å². The average molecular weight is 386 g/mol. The smallest absolute Gasteiger partial charge is 0.318 e. The Bertz CT molecular complexity index is 754. The van der Waals surface area contributed by atoms with Crippen molar-refractivity contribution in [2.75, 3.05) is 11.9 Å². The number of carbonyl (C=O) groups is 1. The van der Waals surface area contributed by atoms with Gasteiger partial charge < -0.3 is 10.2 Å². The van der Waals surface area contributed by atoms with E-state index in [1.165, 1.54) is 0 Å².